The van der Waals surface area contributed by atoms with Gasteiger partial charge in [-0.1, -0.05) is 6.92 Å². The first-order chi connectivity index (χ1) is 13.0. The molecule has 6 nitrogen and oxygen atoms in total. The summed E-state index contributed by atoms with van der Waals surface area (Å²) in [4.78, 5) is 26.2. The van der Waals surface area contributed by atoms with Gasteiger partial charge < -0.3 is 10.2 Å². The zero-order valence-corrected chi connectivity index (χ0v) is 17.2. The molecule has 6 heteroatoms. The van der Waals surface area contributed by atoms with Crippen LogP contribution in [0.2, 0.25) is 0 Å². The monoisotopic (exact) mass is 373 g/mol. The highest BCUT2D eigenvalue weighted by atomic mass is 16.1. The van der Waals surface area contributed by atoms with Gasteiger partial charge in [-0.25, -0.2) is 9.97 Å². The number of piperidine rings is 1. The Bertz CT molecular complexity index is 607. The van der Waals surface area contributed by atoms with Gasteiger partial charge in [-0.3, -0.25) is 9.69 Å². The second-order valence-electron chi connectivity index (χ2n) is 8.15. The molecule has 0 unspecified atom stereocenters. The van der Waals surface area contributed by atoms with Crippen LogP contribution in [0.5, 0.6) is 0 Å². The molecular formula is C21H35N5O. The average Bonchev–Trinajstić information content (AvgIpc) is 3.12. The summed E-state index contributed by atoms with van der Waals surface area (Å²) in [6.45, 7) is 11.3. The van der Waals surface area contributed by atoms with Gasteiger partial charge in [0.15, 0.2) is 0 Å². The van der Waals surface area contributed by atoms with Crippen LogP contribution in [0.25, 0.3) is 0 Å². The number of carbonyl (C=O) groups excluding carboxylic acids is 1. The van der Waals surface area contributed by atoms with Crippen molar-refractivity contribution in [2.45, 2.75) is 65.3 Å². The molecule has 1 aromatic heterocycles. The Morgan fingerprint density at radius 1 is 1.15 bits per heavy atom. The van der Waals surface area contributed by atoms with Gasteiger partial charge in [-0.05, 0) is 71.0 Å². The second-order valence-corrected chi connectivity index (χ2v) is 8.15. The summed E-state index contributed by atoms with van der Waals surface area (Å²) >= 11 is 0. The molecule has 1 atom stereocenters. The average molecular weight is 374 g/mol. The van der Waals surface area contributed by atoms with E-state index < -0.39 is 0 Å². The van der Waals surface area contributed by atoms with Crippen LogP contribution < -0.4 is 10.2 Å². The second kappa shape index (κ2) is 9.49. The molecule has 0 aromatic carbocycles. The molecule has 3 heterocycles. The lowest BCUT2D eigenvalue weighted by Gasteiger charge is -2.32. The largest absolute Gasteiger partial charge is 0.355 e. The van der Waals surface area contributed by atoms with E-state index in [0.29, 0.717) is 18.4 Å². The van der Waals surface area contributed by atoms with Crippen LogP contribution in [0.15, 0.2) is 6.07 Å². The van der Waals surface area contributed by atoms with Crippen LogP contribution >= 0.6 is 0 Å². The van der Waals surface area contributed by atoms with Gasteiger partial charge in [0, 0.05) is 43.5 Å². The van der Waals surface area contributed by atoms with E-state index in [2.05, 4.69) is 32.0 Å². The van der Waals surface area contributed by atoms with E-state index in [9.17, 15) is 4.79 Å². The molecule has 1 aromatic rings. The SMILES string of the molecule is CCN1CCC[C@@H]1CNC(=O)CCC1CCN(c2nc(C)cc(C)n2)CC1. The molecule has 0 radical (unpaired) electrons. The predicted molar refractivity (Wildman–Crippen MR) is 109 cm³/mol. The highest BCUT2D eigenvalue weighted by Crippen LogP contribution is 2.24. The number of amides is 1. The Morgan fingerprint density at radius 2 is 1.85 bits per heavy atom. The van der Waals surface area contributed by atoms with Crippen LogP contribution in [-0.4, -0.2) is 59.5 Å². The standard InChI is InChI=1S/C21H35N5O/c1-4-25-11-5-6-19(25)15-22-20(27)8-7-18-9-12-26(13-10-18)21-23-16(2)14-17(3)24-21/h14,18-19H,4-13,15H2,1-3H3,(H,22,27)/t19-/m1/s1. The van der Waals surface area contributed by atoms with Gasteiger partial charge in [0.2, 0.25) is 11.9 Å². The summed E-state index contributed by atoms with van der Waals surface area (Å²) < 4.78 is 0. The lowest BCUT2D eigenvalue weighted by molar-refractivity contribution is -0.121. The molecule has 0 saturated carbocycles. The van der Waals surface area contributed by atoms with Crippen LogP contribution in [0.1, 0.15) is 56.8 Å². The first-order valence-corrected chi connectivity index (χ1v) is 10.6. The zero-order valence-electron chi connectivity index (χ0n) is 17.2. The highest BCUT2D eigenvalue weighted by molar-refractivity contribution is 5.75. The smallest absolute Gasteiger partial charge is 0.225 e. The van der Waals surface area contributed by atoms with E-state index in [1.54, 1.807) is 0 Å². The molecule has 0 spiro atoms. The minimum absolute atomic E-state index is 0.220. The number of hydrogen-bond acceptors (Lipinski definition) is 5. The molecule has 27 heavy (non-hydrogen) atoms. The number of aryl methyl sites for hydroxylation is 2. The zero-order chi connectivity index (χ0) is 19.2. The number of aromatic nitrogens is 2. The lowest BCUT2D eigenvalue weighted by atomic mass is 9.92. The van der Waals surface area contributed by atoms with Crippen molar-refractivity contribution < 1.29 is 4.79 Å². The molecule has 2 fully saturated rings. The van der Waals surface area contributed by atoms with Crippen molar-refractivity contribution in [3.8, 4) is 0 Å². The third kappa shape index (κ3) is 5.64. The first-order valence-electron chi connectivity index (χ1n) is 10.6. The number of hydrogen-bond donors (Lipinski definition) is 1. The van der Waals surface area contributed by atoms with E-state index in [1.165, 1.54) is 19.4 Å². The molecule has 2 aliphatic rings. The summed E-state index contributed by atoms with van der Waals surface area (Å²) in [5, 5.41) is 3.16. The van der Waals surface area contributed by atoms with Gasteiger partial charge in [0.25, 0.3) is 0 Å². The van der Waals surface area contributed by atoms with E-state index in [0.717, 1.165) is 62.8 Å². The number of likely N-dealkylation sites (N-methyl/N-ethyl adjacent to an activating group) is 1. The van der Waals surface area contributed by atoms with Crippen molar-refractivity contribution in [3.05, 3.63) is 17.5 Å². The van der Waals surface area contributed by atoms with Crippen molar-refractivity contribution in [1.82, 2.24) is 20.2 Å². The number of carbonyl (C=O) groups is 1. The van der Waals surface area contributed by atoms with Crippen LogP contribution in [-0.2, 0) is 4.79 Å². The predicted octanol–water partition coefficient (Wildman–Crippen LogP) is 2.69. The Balaban J connectivity index is 1.36. The minimum Gasteiger partial charge on any atom is -0.355 e. The Kier molecular flexibility index (Phi) is 7.05. The molecule has 150 valence electrons. The molecule has 1 amide bonds. The topological polar surface area (TPSA) is 61.4 Å². The van der Waals surface area contributed by atoms with E-state index >= 15 is 0 Å². The number of nitrogens with one attached hydrogen (secondary N) is 1. The molecule has 0 aliphatic carbocycles. The number of anilines is 1. The molecule has 2 saturated heterocycles. The maximum absolute atomic E-state index is 12.2. The van der Waals surface area contributed by atoms with Crippen molar-refractivity contribution in [2.75, 3.05) is 37.6 Å². The fraction of sp³-hybridized carbons (Fsp3) is 0.762. The number of nitrogens with zero attached hydrogens (tertiary/aromatic N) is 4. The summed E-state index contributed by atoms with van der Waals surface area (Å²) in [5.41, 5.74) is 2.06. The van der Waals surface area contributed by atoms with E-state index in [-0.39, 0.29) is 5.91 Å². The van der Waals surface area contributed by atoms with Gasteiger partial charge >= 0.3 is 0 Å². The number of likely N-dealkylation sites (tertiary alicyclic amines) is 1. The first kappa shape index (κ1) is 20.1. The van der Waals surface area contributed by atoms with Gasteiger partial charge in [-0.2, -0.15) is 0 Å². The summed E-state index contributed by atoms with van der Waals surface area (Å²) in [6, 6.07) is 2.56. The van der Waals surface area contributed by atoms with Gasteiger partial charge in [0.05, 0.1) is 0 Å². The Hall–Kier alpha value is -1.69. The third-order valence-electron chi connectivity index (χ3n) is 6.09. The Labute approximate surface area is 163 Å². The Morgan fingerprint density at radius 3 is 2.52 bits per heavy atom. The van der Waals surface area contributed by atoms with Crippen molar-refractivity contribution >= 4 is 11.9 Å². The lowest BCUT2D eigenvalue weighted by Crippen LogP contribution is -2.40. The quantitative estimate of drug-likeness (QED) is 0.796. The normalized spacial score (nSPS) is 21.6. The fourth-order valence-corrected chi connectivity index (χ4v) is 4.47. The summed E-state index contributed by atoms with van der Waals surface area (Å²) in [5.74, 6) is 1.72. The van der Waals surface area contributed by atoms with Crippen LogP contribution in [0.4, 0.5) is 5.95 Å². The van der Waals surface area contributed by atoms with Crippen molar-refractivity contribution in [3.63, 3.8) is 0 Å². The van der Waals surface area contributed by atoms with Crippen LogP contribution in [0, 0.1) is 19.8 Å². The fourth-order valence-electron chi connectivity index (χ4n) is 4.47. The number of rotatable bonds is 7. The molecule has 3 rings (SSSR count). The molecule has 0 bridgehead atoms. The van der Waals surface area contributed by atoms with E-state index in [4.69, 9.17) is 0 Å². The molecular weight excluding hydrogens is 338 g/mol. The van der Waals surface area contributed by atoms with Crippen molar-refractivity contribution in [2.24, 2.45) is 5.92 Å². The summed E-state index contributed by atoms with van der Waals surface area (Å²) in [6.07, 6.45) is 6.37. The van der Waals surface area contributed by atoms with E-state index in [1.807, 2.05) is 19.9 Å². The maximum Gasteiger partial charge on any atom is 0.225 e. The molecule has 1 N–H and O–H groups in total. The van der Waals surface area contributed by atoms with Gasteiger partial charge in [-0.15, -0.1) is 0 Å². The van der Waals surface area contributed by atoms with Crippen LogP contribution in [0.3, 0.4) is 0 Å². The summed E-state index contributed by atoms with van der Waals surface area (Å²) in [7, 11) is 0. The van der Waals surface area contributed by atoms with Crippen molar-refractivity contribution in [1.29, 1.82) is 0 Å². The highest BCUT2D eigenvalue weighted by Gasteiger charge is 2.24. The molecule has 2 aliphatic heterocycles. The maximum atomic E-state index is 12.2. The van der Waals surface area contributed by atoms with Gasteiger partial charge in [0.1, 0.15) is 0 Å². The third-order valence-corrected chi connectivity index (χ3v) is 6.09. The minimum atomic E-state index is 0.220.